The second-order valence-corrected chi connectivity index (χ2v) is 6.96. The predicted octanol–water partition coefficient (Wildman–Crippen LogP) is 2.46. The molecule has 0 spiro atoms. The lowest BCUT2D eigenvalue weighted by atomic mass is 9.95. The molecule has 0 bridgehead atoms. The number of likely N-dealkylation sites (tertiary alicyclic amines) is 1. The summed E-state index contributed by atoms with van der Waals surface area (Å²) in [6.07, 6.45) is 1.79. The molecule has 0 aliphatic carbocycles. The Morgan fingerprint density at radius 2 is 1.81 bits per heavy atom. The normalized spacial score (nSPS) is 15.1. The van der Waals surface area contributed by atoms with Crippen molar-refractivity contribution in [3.63, 3.8) is 0 Å². The molecule has 1 fully saturated rings. The number of aromatic nitrogens is 2. The topological polar surface area (TPSA) is 67.2 Å². The van der Waals surface area contributed by atoms with Gasteiger partial charge in [0.05, 0.1) is 12.1 Å². The number of benzene rings is 1. The average molecular weight is 354 g/mol. The van der Waals surface area contributed by atoms with Gasteiger partial charge in [-0.05, 0) is 38.8 Å². The summed E-state index contributed by atoms with van der Waals surface area (Å²) in [6, 6.07) is 9.49. The zero-order valence-electron chi connectivity index (χ0n) is 15.7. The number of nitrogens with zero attached hydrogens (tertiary/aromatic N) is 3. The number of piperidine rings is 1. The van der Waals surface area contributed by atoms with Crippen molar-refractivity contribution >= 4 is 17.5 Å². The molecular weight excluding hydrogens is 328 g/mol. The Bertz CT molecular complexity index is 790. The van der Waals surface area contributed by atoms with E-state index in [2.05, 4.69) is 10.4 Å². The molecule has 1 aliphatic heterocycles. The van der Waals surface area contributed by atoms with Crippen LogP contribution < -0.4 is 5.32 Å². The molecule has 1 saturated heterocycles. The molecule has 0 unspecified atom stereocenters. The molecule has 1 aromatic heterocycles. The van der Waals surface area contributed by atoms with Gasteiger partial charge in [0.2, 0.25) is 11.8 Å². The smallest absolute Gasteiger partial charge is 0.227 e. The Morgan fingerprint density at radius 1 is 1.15 bits per heavy atom. The minimum absolute atomic E-state index is 0.0406. The average Bonchev–Trinajstić information content (AvgIpc) is 2.88. The first-order valence-electron chi connectivity index (χ1n) is 9.08. The van der Waals surface area contributed by atoms with Crippen LogP contribution in [0, 0.1) is 19.8 Å². The summed E-state index contributed by atoms with van der Waals surface area (Å²) in [5.41, 5.74) is 3.78. The van der Waals surface area contributed by atoms with E-state index in [4.69, 9.17) is 0 Å². The highest BCUT2D eigenvalue weighted by Crippen LogP contribution is 2.21. The van der Waals surface area contributed by atoms with E-state index in [-0.39, 0.29) is 17.7 Å². The number of carbonyl (C=O) groups excluding carboxylic acids is 2. The maximum atomic E-state index is 12.6. The van der Waals surface area contributed by atoms with Gasteiger partial charge in [-0.2, -0.15) is 5.10 Å². The van der Waals surface area contributed by atoms with E-state index in [0.717, 1.165) is 22.6 Å². The Hall–Kier alpha value is -2.63. The maximum Gasteiger partial charge on any atom is 0.227 e. The second-order valence-electron chi connectivity index (χ2n) is 6.96. The summed E-state index contributed by atoms with van der Waals surface area (Å²) in [4.78, 5) is 26.9. The molecular formula is C20H26N4O2. The minimum atomic E-state index is -0.0406. The van der Waals surface area contributed by atoms with Gasteiger partial charge in [-0.25, -0.2) is 0 Å². The summed E-state index contributed by atoms with van der Waals surface area (Å²) in [5, 5.41) is 7.34. The van der Waals surface area contributed by atoms with E-state index < -0.39 is 0 Å². The van der Waals surface area contributed by atoms with Crippen LogP contribution in [0.3, 0.4) is 0 Å². The number of para-hydroxylation sites is 1. The lowest BCUT2D eigenvalue weighted by molar-refractivity contribution is -0.133. The van der Waals surface area contributed by atoms with E-state index in [1.165, 1.54) is 0 Å². The number of carbonyl (C=O) groups is 2. The van der Waals surface area contributed by atoms with Crippen molar-refractivity contribution in [3.8, 4) is 0 Å². The standard InChI is InChI=1S/C20H26N4O2/c1-14-18(15(2)23(3)22-14)13-19(25)24-11-9-16(10-12-24)20(26)21-17-7-5-4-6-8-17/h4-8,16H,9-13H2,1-3H3,(H,21,26). The van der Waals surface area contributed by atoms with Crippen LogP contribution in [0.2, 0.25) is 0 Å². The van der Waals surface area contributed by atoms with Gasteiger partial charge in [0.1, 0.15) is 0 Å². The molecule has 0 atom stereocenters. The fourth-order valence-electron chi connectivity index (χ4n) is 3.49. The van der Waals surface area contributed by atoms with E-state index in [9.17, 15) is 9.59 Å². The van der Waals surface area contributed by atoms with Crippen molar-refractivity contribution in [3.05, 3.63) is 47.3 Å². The number of aryl methyl sites for hydroxylation is 2. The molecule has 6 heteroatoms. The SMILES string of the molecule is Cc1nn(C)c(C)c1CC(=O)N1CCC(C(=O)Nc2ccccc2)CC1. The molecule has 1 N–H and O–H groups in total. The number of hydrogen-bond donors (Lipinski definition) is 1. The molecule has 26 heavy (non-hydrogen) atoms. The van der Waals surface area contributed by atoms with Crippen LogP contribution in [0.15, 0.2) is 30.3 Å². The Morgan fingerprint density at radius 3 is 2.38 bits per heavy atom. The third-order valence-electron chi connectivity index (χ3n) is 5.25. The summed E-state index contributed by atoms with van der Waals surface area (Å²) in [6.45, 7) is 5.19. The Labute approximate surface area is 154 Å². The molecule has 1 aromatic carbocycles. The van der Waals surface area contributed by atoms with E-state index in [1.807, 2.05) is 60.8 Å². The quantitative estimate of drug-likeness (QED) is 0.917. The molecule has 1 aliphatic rings. The van der Waals surface area contributed by atoms with Crippen LogP contribution in [0.25, 0.3) is 0 Å². The van der Waals surface area contributed by atoms with Crippen LogP contribution in [0.1, 0.15) is 29.8 Å². The van der Waals surface area contributed by atoms with E-state index in [0.29, 0.717) is 32.4 Å². The fraction of sp³-hybridized carbons (Fsp3) is 0.450. The van der Waals surface area contributed by atoms with E-state index >= 15 is 0 Å². The van der Waals surface area contributed by atoms with Gasteiger partial charge in [-0.15, -0.1) is 0 Å². The van der Waals surface area contributed by atoms with E-state index in [1.54, 1.807) is 0 Å². The van der Waals surface area contributed by atoms with Crippen molar-refractivity contribution in [1.82, 2.24) is 14.7 Å². The molecule has 2 heterocycles. The summed E-state index contributed by atoms with van der Waals surface area (Å²) >= 11 is 0. The van der Waals surface area contributed by atoms with Gasteiger partial charge in [0, 0.05) is 43.0 Å². The number of anilines is 1. The zero-order chi connectivity index (χ0) is 18.7. The van der Waals surface area contributed by atoms with Crippen LogP contribution in [-0.2, 0) is 23.1 Å². The predicted molar refractivity (Wildman–Crippen MR) is 101 cm³/mol. The molecule has 2 amide bonds. The lowest BCUT2D eigenvalue weighted by Gasteiger charge is -2.31. The van der Waals surface area contributed by atoms with Crippen LogP contribution in [0.4, 0.5) is 5.69 Å². The van der Waals surface area contributed by atoms with Gasteiger partial charge in [-0.1, -0.05) is 18.2 Å². The molecule has 3 rings (SSSR count). The number of nitrogens with one attached hydrogen (secondary N) is 1. The third kappa shape index (κ3) is 3.95. The van der Waals surface area contributed by atoms with Crippen molar-refractivity contribution in [1.29, 1.82) is 0 Å². The first kappa shape index (κ1) is 18.2. The van der Waals surface area contributed by atoms with Gasteiger partial charge in [-0.3, -0.25) is 14.3 Å². The van der Waals surface area contributed by atoms with Crippen molar-refractivity contribution in [2.24, 2.45) is 13.0 Å². The molecule has 138 valence electrons. The van der Waals surface area contributed by atoms with Gasteiger partial charge >= 0.3 is 0 Å². The highest BCUT2D eigenvalue weighted by molar-refractivity contribution is 5.92. The molecule has 0 radical (unpaired) electrons. The summed E-state index contributed by atoms with van der Waals surface area (Å²) in [5.74, 6) is 0.120. The molecule has 2 aromatic rings. The Balaban J connectivity index is 1.53. The van der Waals surface area contributed by atoms with Crippen molar-refractivity contribution in [2.75, 3.05) is 18.4 Å². The highest BCUT2D eigenvalue weighted by atomic mass is 16.2. The largest absolute Gasteiger partial charge is 0.342 e. The second kappa shape index (κ2) is 7.72. The Kier molecular flexibility index (Phi) is 5.40. The van der Waals surface area contributed by atoms with Gasteiger partial charge in [0.15, 0.2) is 0 Å². The molecule has 0 saturated carbocycles. The first-order valence-corrected chi connectivity index (χ1v) is 9.08. The van der Waals surface area contributed by atoms with Gasteiger partial charge < -0.3 is 10.2 Å². The monoisotopic (exact) mass is 354 g/mol. The minimum Gasteiger partial charge on any atom is -0.342 e. The first-order chi connectivity index (χ1) is 12.5. The highest BCUT2D eigenvalue weighted by Gasteiger charge is 2.28. The fourth-order valence-corrected chi connectivity index (χ4v) is 3.49. The molecule has 6 nitrogen and oxygen atoms in total. The van der Waals surface area contributed by atoms with Crippen molar-refractivity contribution < 1.29 is 9.59 Å². The summed E-state index contributed by atoms with van der Waals surface area (Å²) in [7, 11) is 1.90. The number of rotatable bonds is 4. The lowest BCUT2D eigenvalue weighted by Crippen LogP contribution is -2.42. The summed E-state index contributed by atoms with van der Waals surface area (Å²) < 4.78 is 1.82. The third-order valence-corrected chi connectivity index (χ3v) is 5.25. The number of amides is 2. The van der Waals surface area contributed by atoms with Crippen LogP contribution in [-0.4, -0.2) is 39.6 Å². The van der Waals surface area contributed by atoms with Crippen molar-refractivity contribution in [2.45, 2.75) is 33.1 Å². The van der Waals surface area contributed by atoms with Crippen LogP contribution >= 0.6 is 0 Å². The van der Waals surface area contributed by atoms with Gasteiger partial charge in [0.25, 0.3) is 0 Å². The van der Waals surface area contributed by atoms with Crippen LogP contribution in [0.5, 0.6) is 0 Å². The number of hydrogen-bond acceptors (Lipinski definition) is 3. The maximum absolute atomic E-state index is 12.6. The zero-order valence-corrected chi connectivity index (χ0v) is 15.7.